The average molecular weight is 257 g/mol. The van der Waals surface area contributed by atoms with Gasteiger partial charge in [-0.25, -0.2) is 0 Å². The van der Waals surface area contributed by atoms with Crippen molar-refractivity contribution in [1.29, 1.82) is 0 Å². The second kappa shape index (κ2) is 7.46. The lowest BCUT2D eigenvalue weighted by Gasteiger charge is -2.39. The summed E-state index contributed by atoms with van der Waals surface area (Å²) in [4.78, 5) is 0. The van der Waals surface area contributed by atoms with Crippen molar-refractivity contribution in [2.75, 3.05) is 33.4 Å². The third kappa shape index (κ3) is 5.25. The Balaban J connectivity index is 2.48. The van der Waals surface area contributed by atoms with E-state index in [1.165, 1.54) is 25.7 Å². The minimum absolute atomic E-state index is 0.00391. The van der Waals surface area contributed by atoms with Crippen LogP contribution >= 0.6 is 0 Å². The predicted molar refractivity (Wildman–Crippen MR) is 76.0 cm³/mol. The summed E-state index contributed by atoms with van der Waals surface area (Å²) in [5, 5.41) is 3.60. The molecule has 0 unspecified atom stereocenters. The quantitative estimate of drug-likeness (QED) is 0.678. The zero-order valence-corrected chi connectivity index (χ0v) is 12.7. The first-order valence-electron chi connectivity index (χ1n) is 7.37. The molecular formula is C15H31NO2. The van der Waals surface area contributed by atoms with Gasteiger partial charge in [0.1, 0.15) is 0 Å². The summed E-state index contributed by atoms with van der Waals surface area (Å²) in [6.45, 7) is 10.7. The molecule has 1 aliphatic heterocycles. The lowest BCUT2D eigenvalue weighted by Crippen LogP contribution is -2.41. The van der Waals surface area contributed by atoms with Crippen molar-refractivity contribution in [3.05, 3.63) is 0 Å². The molecule has 1 heterocycles. The van der Waals surface area contributed by atoms with Crippen molar-refractivity contribution in [2.24, 2.45) is 5.41 Å². The Morgan fingerprint density at radius 1 is 1.28 bits per heavy atom. The zero-order valence-electron chi connectivity index (χ0n) is 12.7. The maximum Gasteiger partial charge on any atom is 0.0623 e. The van der Waals surface area contributed by atoms with Crippen molar-refractivity contribution in [3.8, 4) is 0 Å². The number of rotatable bonds is 8. The van der Waals surface area contributed by atoms with E-state index in [9.17, 15) is 0 Å². The van der Waals surface area contributed by atoms with Crippen molar-refractivity contribution < 1.29 is 9.47 Å². The topological polar surface area (TPSA) is 30.5 Å². The van der Waals surface area contributed by atoms with E-state index in [0.29, 0.717) is 5.41 Å². The van der Waals surface area contributed by atoms with Crippen LogP contribution in [0.25, 0.3) is 0 Å². The molecule has 0 atom stereocenters. The van der Waals surface area contributed by atoms with E-state index >= 15 is 0 Å². The first-order valence-corrected chi connectivity index (χ1v) is 7.37. The molecule has 0 bridgehead atoms. The normalized spacial score (nSPS) is 20.0. The van der Waals surface area contributed by atoms with Gasteiger partial charge in [-0.05, 0) is 57.9 Å². The lowest BCUT2D eigenvalue weighted by atomic mass is 9.74. The van der Waals surface area contributed by atoms with Gasteiger partial charge in [0.05, 0.1) is 5.60 Å². The summed E-state index contributed by atoms with van der Waals surface area (Å²) in [7, 11) is 1.81. The molecule has 1 saturated heterocycles. The third-order valence-corrected chi connectivity index (χ3v) is 4.29. The molecule has 18 heavy (non-hydrogen) atoms. The molecule has 1 N–H and O–H groups in total. The van der Waals surface area contributed by atoms with E-state index < -0.39 is 0 Å². The fraction of sp³-hybridized carbons (Fsp3) is 1.00. The molecule has 0 radical (unpaired) electrons. The van der Waals surface area contributed by atoms with Crippen LogP contribution in [0.1, 0.15) is 52.9 Å². The van der Waals surface area contributed by atoms with Crippen molar-refractivity contribution in [1.82, 2.24) is 5.32 Å². The van der Waals surface area contributed by atoms with E-state index in [4.69, 9.17) is 9.47 Å². The maximum absolute atomic E-state index is 5.55. The Bertz CT molecular complexity index is 223. The fourth-order valence-electron chi connectivity index (χ4n) is 2.52. The summed E-state index contributed by atoms with van der Waals surface area (Å²) in [6, 6.07) is 0. The molecule has 3 heteroatoms. The van der Waals surface area contributed by atoms with Gasteiger partial charge in [-0.15, -0.1) is 0 Å². The van der Waals surface area contributed by atoms with Crippen molar-refractivity contribution in [3.63, 3.8) is 0 Å². The van der Waals surface area contributed by atoms with E-state index in [1.54, 1.807) is 0 Å². The van der Waals surface area contributed by atoms with Gasteiger partial charge in [0.2, 0.25) is 0 Å². The monoisotopic (exact) mass is 257 g/mol. The Kier molecular flexibility index (Phi) is 6.61. The predicted octanol–water partition coefficient (Wildman–Crippen LogP) is 2.99. The third-order valence-electron chi connectivity index (χ3n) is 4.29. The second-order valence-electron chi connectivity index (χ2n) is 6.25. The zero-order chi connectivity index (χ0) is 13.5. The molecule has 0 amide bonds. The van der Waals surface area contributed by atoms with E-state index in [-0.39, 0.29) is 5.60 Å². The molecular weight excluding hydrogens is 226 g/mol. The van der Waals surface area contributed by atoms with Crippen LogP contribution in [0.3, 0.4) is 0 Å². The molecule has 1 rings (SSSR count). The minimum atomic E-state index is -0.00391. The van der Waals surface area contributed by atoms with Gasteiger partial charge < -0.3 is 14.8 Å². The highest BCUT2D eigenvalue weighted by Crippen LogP contribution is 2.37. The standard InChI is InChI=1S/C15H31NO2/c1-5-10-16-13-15(8-11-18-12-9-15)7-6-14(2,3)17-4/h16H,5-13H2,1-4H3. The molecule has 108 valence electrons. The number of ether oxygens (including phenoxy) is 2. The van der Waals surface area contributed by atoms with Gasteiger partial charge in [-0.3, -0.25) is 0 Å². The van der Waals surface area contributed by atoms with Crippen LogP contribution in [0.5, 0.6) is 0 Å². The smallest absolute Gasteiger partial charge is 0.0623 e. The molecule has 1 fully saturated rings. The highest BCUT2D eigenvalue weighted by atomic mass is 16.5. The summed E-state index contributed by atoms with van der Waals surface area (Å²) in [5.74, 6) is 0. The molecule has 0 aliphatic carbocycles. The van der Waals surface area contributed by atoms with Crippen LogP contribution in [0.4, 0.5) is 0 Å². The number of hydrogen-bond donors (Lipinski definition) is 1. The molecule has 0 saturated carbocycles. The lowest BCUT2D eigenvalue weighted by molar-refractivity contribution is -0.0244. The van der Waals surface area contributed by atoms with Gasteiger partial charge >= 0.3 is 0 Å². The number of methoxy groups -OCH3 is 1. The number of nitrogens with one attached hydrogen (secondary N) is 1. The van der Waals surface area contributed by atoms with Gasteiger partial charge in [0.25, 0.3) is 0 Å². The van der Waals surface area contributed by atoms with Gasteiger partial charge in [-0.2, -0.15) is 0 Å². The van der Waals surface area contributed by atoms with E-state index in [1.807, 2.05) is 7.11 Å². The Labute approximate surface area is 113 Å². The van der Waals surface area contributed by atoms with Crippen LogP contribution in [0.2, 0.25) is 0 Å². The highest BCUT2D eigenvalue weighted by molar-refractivity contribution is 4.86. The largest absolute Gasteiger partial charge is 0.381 e. The Morgan fingerprint density at radius 3 is 2.50 bits per heavy atom. The van der Waals surface area contributed by atoms with Crippen molar-refractivity contribution in [2.45, 2.75) is 58.5 Å². The van der Waals surface area contributed by atoms with Gasteiger partial charge in [-0.1, -0.05) is 6.92 Å². The molecule has 1 aliphatic rings. The van der Waals surface area contributed by atoms with Gasteiger partial charge in [0, 0.05) is 26.9 Å². The molecule has 0 aromatic rings. The van der Waals surface area contributed by atoms with Crippen LogP contribution in [-0.2, 0) is 9.47 Å². The highest BCUT2D eigenvalue weighted by Gasteiger charge is 2.33. The number of hydrogen-bond acceptors (Lipinski definition) is 3. The molecule has 0 aromatic carbocycles. The Morgan fingerprint density at radius 2 is 1.94 bits per heavy atom. The SMILES string of the molecule is CCCNCC1(CCC(C)(C)OC)CCOCC1. The van der Waals surface area contributed by atoms with Crippen LogP contribution in [-0.4, -0.2) is 39.0 Å². The van der Waals surface area contributed by atoms with Crippen LogP contribution in [0.15, 0.2) is 0 Å². The first kappa shape index (κ1) is 15.9. The fourth-order valence-corrected chi connectivity index (χ4v) is 2.52. The summed E-state index contributed by atoms with van der Waals surface area (Å²) in [6.07, 6.45) is 5.92. The molecule has 3 nitrogen and oxygen atoms in total. The summed E-state index contributed by atoms with van der Waals surface area (Å²) < 4.78 is 11.1. The van der Waals surface area contributed by atoms with Crippen molar-refractivity contribution >= 4 is 0 Å². The van der Waals surface area contributed by atoms with E-state index in [2.05, 4.69) is 26.1 Å². The summed E-state index contributed by atoms with van der Waals surface area (Å²) in [5.41, 5.74) is 0.416. The van der Waals surface area contributed by atoms with Gasteiger partial charge in [0.15, 0.2) is 0 Å². The first-order chi connectivity index (χ1) is 8.54. The minimum Gasteiger partial charge on any atom is -0.381 e. The van der Waals surface area contributed by atoms with E-state index in [0.717, 1.165) is 32.7 Å². The average Bonchev–Trinajstić information content (AvgIpc) is 2.38. The molecule has 0 spiro atoms. The van der Waals surface area contributed by atoms with Crippen LogP contribution in [0, 0.1) is 5.41 Å². The second-order valence-corrected chi connectivity index (χ2v) is 6.25. The Hall–Kier alpha value is -0.120. The summed E-state index contributed by atoms with van der Waals surface area (Å²) >= 11 is 0. The maximum atomic E-state index is 5.55. The van der Waals surface area contributed by atoms with Crippen LogP contribution < -0.4 is 5.32 Å². The molecule has 0 aromatic heterocycles.